The molecule has 0 amide bonds. The zero-order chi connectivity index (χ0) is 23.2. The molecule has 176 valence electrons. The first-order valence-electron chi connectivity index (χ1n) is 10.9. The maximum Gasteiger partial charge on any atom is 0.326 e. The van der Waals surface area contributed by atoms with Gasteiger partial charge in [-0.05, 0) is 44.6 Å². The molecule has 5 N–H and O–H groups in total. The topological polar surface area (TPSA) is 170 Å². The Labute approximate surface area is 188 Å². The summed E-state index contributed by atoms with van der Waals surface area (Å²) < 4.78 is 27.3. The lowest BCUT2D eigenvalue weighted by Gasteiger charge is -2.29. The number of sulfonamides is 1. The van der Waals surface area contributed by atoms with Crippen molar-refractivity contribution in [1.29, 1.82) is 0 Å². The Kier molecular flexibility index (Phi) is 5.44. The second-order valence-electron chi connectivity index (χ2n) is 8.76. The molecule has 33 heavy (non-hydrogen) atoms. The van der Waals surface area contributed by atoms with Crippen LogP contribution in [0.5, 0.6) is 5.88 Å². The summed E-state index contributed by atoms with van der Waals surface area (Å²) in [7, 11) is -3.21. The highest BCUT2D eigenvalue weighted by atomic mass is 32.2. The van der Waals surface area contributed by atoms with Gasteiger partial charge in [0.25, 0.3) is 0 Å². The highest BCUT2D eigenvalue weighted by Crippen LogP contribution is 2.23. The summed E-state index contributed by atoms with van der Waals surface area (Å²) in [6.45, 7) is 0. The third kappa shape index (κ3) is 5.09. The molecule has 0 saturated heterocycles. The van der Waals surface area contributed by atoms with Crippen molar-refractivity contribution in [3.05, 3.63) is 39.1 Å². The van der Waals surface area contributed by atoms with Gasteiger partial charge in [0, 0.05) is 23.4 Å². The van der Waals surface area contributed by atoms with Gasteiger partial charge in [0.2, 0.25) is 15.9 Å². The normalized spacial score (nSPS) is 22.8. The van der Waals surface area contributed by atoms with Crippen LogP contribution in [-0.4, -0.2) is 62.5 Å². The number of fused-ring (bicyclic) bond motifs is 1. The molecule has 2 aliphatic rings. The summed E-state index contributed by atoms with van der Waals surface area (Å²) in [6, 6.07) is 2.27. The van der Waals surface area contributed by atoms with E-state index in [1.54, 1.807) is 16.8 Å². The van der Waals surface area contributed by atoms with Crippen molar-refractivity contribution < 1.29 is 13.5 Å². The van der Waals surface area contributed by atoms with Crippen LogP contribution in [0.3, 0.4) is 0 Å². The van der Waals surface area contributed by atoms with Gasteiger partial charge in [0.15, 0.2) is 11.1 Å². The fourth-order valence-corrected chi connectivity index (χ4v) is 4.98. The molecule has 0 unspecified atom stereocenters. The lowest BCUT2D eigenvalue weighted by atomic mass is 9.92. The Balaban J connectivity index is 1.46. The van der Waals surface area contributed by atoms with Crippen LogP contribution < -0.4 is 26.4 Å². The summed E-state index contributed by atoms with van der Waals surface area (Å²) in [4.78, 5) is 25.8. The molecule has 3 aromatic heterocycles. The zero-order valence-corrected chi connectivity index (χ0v) is 18.9. The largest absolute Gasteiger partial charge is 0.493 e. The maximum atomic E-state index is 11.5. The van der Waals surface area contributed by atoms with Crippen molar-refractivity contribution in [2.45, 2.75) is 56.7 Å². The highest BCUT2D eigenvalue weighted by Gasteiger charge is 2.24. The number of hydrogen-bond donors (Lipinski definition) is 5. The third-order valence-electron chi connectivity index (χ3n) is 5.84. The molecule has 0 spiro atoms. The predicted octanol–water partition coefficient (Wildman–Crippen LogP) is -0.666. The summed E-state index contributed by atoms with van der Waals surface area (Å²) in [5.41, 5.74) is 0.973. The van der Waals surface area contributed by atoms with Crippen LogP contribution in [-0.2, 0) is 10.0 Å². The van der Waals surface area contributed by atoms with Crippen molar-refractivity contribution in [2.24, 2.45) is 4.99 Å². The molecule has 0 atom stereocenters. The van der Waals surface area contributed by atoms with Crippen LogP contribution in [0.25, 0.3) is 11.7 Å². The molecule has 0 bridgehead atoms. The van der Waals surface area contributed by atoms with E-state index < -0.39 is 15.7 Å². The van der Waals surface area contributed by atoms with Gasteiger partial charge in [0.05, 0.1) is 18.5 Å². The fourth-order valence-electron chi connectivity index (χ4n) is 4.14. The number of H-pyrrole nitrogens is 2. The van der Waals surface area contributed by atoms with Gasteiger partial charge < -0.3 is 15.4 Å². The molecule has 5 rings (SSSR count). The highest BCUT2D eigenvalue weighted by molar-refractivity contribution is 7.88. The number of rotatable bonds is 6. The second-order valence-corrected chi connectivity index (χ2v) is 10.5. The molecule has 13 heteroatoms. The molecule has 2 saturated carbocycles. The average Bonchev–Trinajstić information content (AvgIpc) is 3.37. The number of aromatic hydroxyl groups is 1. The van der Waals surface area contributed by atoms with Crippen molar-refractivity contribution in [3.8, 4) is 5.88 Å². The molecule has 0 aromatic carbocycles. The molecule has 3 heterocycles. The summed E-state index contributed by atoms with van der Waals surface area (Å²) in [5, 5.41) is 18.4. The predicted molar refractivity (Wildman–Crippen MR) is 121 cm³/mol. The lowest BCUT2D eigenvalue weighted by Crippen LogP contribution is -2.39. The number of nitrogens with one attached hydrogen (secondary N) is 4. The van der Waals surface area contributed by atoms with E-state index in [2.05, 4.69) is 25.1 Å². The van der Waals surface area contributed by atoms with Crippen LogP contribution in [0, 0.1) is 0 Å². The van der Waals surface area contributed by atoms with E-state index in [0.29, 0.717) is 22.2 Å². The third-order valence-corrected chi connectivity index (χ3v) is 6.60. The Morgan fingerprint density at radius 3 is 2.55 bits per heavy atom. The van der Waals surface area contributed by atoms with E-state index in [9.17, 15) is 18.3 Å². The monoisotopic (exact) mass is 474 g/mol. The Morgan fingerprint density at radius 1 is 1.18 bits per heavy atom. The minimum Gasteiger partial charge on any atom is -0.493 e. The molecular weight excluding hydrogens is 448 g/mol. The molecule has 0 radical (unpaired) electrons. The van der Waals surface area contributed by atoms with Crippen LogP contribution in [0.1, 0.15) is 44.2 Å². The van der Waals surface area contributed by atoms with Crippen LogP contribution >= 0.6 is 0 Å². The van der Waals surface area contributed by atoms with Crippen molar-refractivity contribution in [1.82, 2.24) is 29.3 Å². The van der Waals surface area contributed by atoms with E-state index in [4.69, 9.17) is 9.98 Å². The van der Waals surface area contributed by atoms with E-state index >= 15 is 0 Å². The first-order valence-corrected chi connectivity index (χ1v) is 12.8. The van der Waals surface area contributed by atoms with Gasteiger partial charge in [-0.15, -0.1) is 0 Å². The summed E-state index contributed by atoms with van der Waals surface area (Å²) in [6.07, 6.45) is 9.61. The molecule has 2 fully saturated rings. The van der Waals surface area contributed by atoms with Gasteiger partial charge in [-0.3, -0.25) is 9.98 Å². The molecule has 2 aliphatic carbocycles. The Bertz CT molecular complexity index is 1460. The maximum absolute atomic E-state index is 11.5. The average molecular weight is 475 g/mol. The summed E-state index contributed by atoms with van der Waals surface area (Å²) >= 11 is 0. The van der Waals surface area contributed by atoms with Crippen LogP contribution in [0.4, 0.5) is 5.82 Å². The smallest absolute Gasteiger partial charge is 0.326 e. The van der Waals surface area contributed by atoms with E-state index in [1.165, 1.54) is 6.26 Å². The van der Waals surface area contributed by atoms with Crippen molar-refractivity contribution >= 4 is 27.6 Å². The Morgan fingerprint density at radius 2 is 1.91 bits per heavy atom. The van der Waals surface area contributed by atoms with Gasteiger partial charge in [-0.25, -0.2) is 22.9 Å². The van der Waals surface area contributed by atoms with E-state index in [0.717, 1.165) is 38.5 Å². The molecular formula is C20H26N8O4S. The molecule has 0 aliphatic heterocycles. The van der Waals surface area contributed by atoms with E-state index in [-0.39, 0.29) is 29.7 Å². The van der Waals surface area contributed by atoms with E-state index in [1.807, 2.05) is 6.07 Å². The first-order chi connectivity index (χ1) is 15.7. The number of hydrogen-bond acceptors (Lipinski definition) is 8. The Hall–Kier alpha value is -3.19. The number of anilines is 1. The lowest BCUT2D eigenvalue weighted by molar-refractivity contribution is 0.387. The quantitative estimate of drug-likeness (QED) is 0.316. The minimum absolute atomic E-state index is 0.0406. The molecule has 3 aromatic rings. The minimum atomic E-state index is -3.21. The number of imidazole rings is 1. The van der Waals surface area contributed by atoms with Gasteiger partial charge >= 0.3 is 5.69 Å². The second kappa shape index (κ2) is 8.30. The number of aromatic amines is 2. The molecule has 12 nitrogen and oxygen atoms in total. The zero-order valence-electron chi connectivity index (χ0n) is 18.1. The number of nitrogens with zero attached hydrogens (tertiary/aromatic N) is 4. The summed E-state index contributed by atoms with van der Waals surface area (Å²) in [5.74, 6) is 0.402. The van der Waals surface area contributed by atoms with Crippen molar-refractivity contribution in [2.75, 3.05) is 11.6 Å². The van der Waals surface area contributed by atoms with Gasteiger partial charge in [-0.1, -0.05) is 0 Å². The van der Waals surface area contributed by atoms with Gasteiger partial charge in [0.1, 0.15) is 11.5 Å². The van der Waals surface area contributed by atoms with Crippen LogP contribution in [0.2, 0.25) is 0 Å². The fraction of sp³-hybridized carbons (Fsp3) is 0.500. The van der Waals surface area contributed by atoms with Gasteiger partial charge in [-0.2, -0.15) is 9.61 Å². The standard InChI is InChI=1S/C20H26N8O4S/c1-33(31,32)27-14-6-4-12(5-7-14)22-16-9-17(23-13-2-3-13)28-18(25-16)11(10-21-28)8-15-19(29)26-20(30)24-15/h8-10,12-14,22,27,29H,2-7H2,1H3,(H2,24,26,30)/b11-8+,23-17?. The number of aromatic nitrogens is 5. The van der Waals surface area contributed by atoms with Crippen molar-refractivity contribution in [3.63, 3.8) is 0 Å². The van der Waals surface area contributed by atoms with Crippen LogP contribution in [0.15, 0.2) is 22.1 Å². The SMILES string of the molecule is CS(=O)(=O)NC1CCC(Nc2cc(=NC3CC3)n3nc/c(=C\c4[nH]c(=O)[nH]c4O)c3n2)CC1. The first kappa shape index (κ1) is 21.6.